The predicted molar refractivity (Wildman–Crippen MR) is 103 cm³/mol. The Hall–Kier alpha value is -1.92. The molecule has 27 heavy (non-hydrogen) atoms. The van der Waals surface area contributed by atoms with Gasteiger partial charge in [0.05, 0.1) is 13.2 Å². The number of anilines is 1. The molecule has 1 heterocycles. The molecule has 2 unspecified atom stereocenters. The molecule has 0 aromatic heterocycles. The van der Waals surface area contributed by atoms with Crippen LogP contribution in [0.4, 0.5) is 5.69 Å². The summed E-state index contributed by atoms with van der Waals surface area (Å²) in [6.45, 7) is 2.38. The second kappa shape index (κ2) is 7.98. The fourth-order valence-electron chi connectivity index (χ4n) is 4.93. The van der Waals surface area contributed by atoms with Crippen molar-refractivity contribution in [1.82, 2.24) is 4.90 Å². The van der Waals surface area contributed by atoms with Gasteiger partial charge in [-0.3, -0.25) is 9.59 Å². The highest BCUT2D eigenvalue weighted by Gasteiger charge is 2.40. The minimum atomic E-state index is -0.00688. The van der Waals surface area contributed by atoms with Crippen LogP contribution < -0.4 is 11.1 Å². The Kier molecular flexibility index (Phi) is 5.45. The molecule has 1 aliphatic heterocycles. The van der Waals surface area contributed by atoms with Crippen LogP contribution in [0.2, 0.25) is 0 Å². The van der Waals surface area contributed by atoms with E-state index < -0.39 is 0 Å². The zero-order valence-electron chi connectivity index (χ0n) is 15.7. The van der Waals surface area contributed by atoms with Crippen LogP contribution in [0.15, 0.2) is 24.3 Å². The minimum absolute atomic E-state index is 0.00688. The number of ether oxygens (including phenoxy) is 1. The van der Waals surface area contributed by atoms with Gasteiger partial charge in [-0.05, 0) is 55.7 Å². The molecule has 2 saturated carbocycles. The first-order chi connectivity index (χ1) is 13.1. The number of fused-ring (bicyclic) bond motifs is 2. The number of nitrogens with one attached hydrogen (secondary N) is 1. The largest absolute Gasteiger partial charge is 0.378 e. The van der Waals surface area contributed by atoms with Crippen molar-refractivity contribution in [3.05, 3.63) is 29.8 Å². The molecule has 3 aliphatic rings. The fourth-order valence-corrected chi connectivity index (χ4v) is 4.93. The molecule has 2 atom stereocenters. The summed E-state index contributed by atoms with van der Waals surface area (Å²) in [7, 11) is 0. The Labute approximate surface area is 160 Å². The Morgan fingerprint density at radius 2 is 1.81 bits per heavy atom. The molecule has 0 radical (unpaired) electrons. The standard InChI is InChI=1S/C21H29N3O3/c22-19-14-3-1-4-15(19)12-17(11-14)20(25)23-18-6-2-5-16(13-18)21(26)24-7-9-27-10-8-24/h2,5-6,13-15,17,19H,1,3-4,7-12,22H2,(H,23,25). The third-order valence-electron chi connectivity index (χ3n) is 6.46. The lowest BCUT2D eigenvalue weighted by Crippen LogP contribution is -2.48. The van der Waals surface area contributed by atoms with E-state index in [1.807, 2.05) is 12.1 Å². The molecule has 1 saturated heterocycles. The molecule has 3 N–H and O–H groups in total. The van der Waals surface area contributed by atoms with Crippen molar-refractivity contribution in [3.63, 3.8) is 0 Å². The molecular weight excluding hydrogens is 342 g/mol. The van der Waals surface area contributed by atoms with Crippen molar-refractivity contribution in [2.75, 3.05) is 31.6 Å². The predicted octanol–water partition coefficient (Wildman–Crippen LogP) is 2.25. The molecule has 4 rings (SSSR count). The van der Waals surface area contributed by atoms with Crippen LogP contribution in [-0.4, -0.2) is 49.1 Å². The first-order valence-corrected chi connectivity index (χ1v) is 10.2. The van der Waals surface area contributed by atoms with Gasteiger partial charge in [-0.15, -0.1) is 0 Å². The number of carbonyl (C=O) groups excluding carboxylic acids is 2. The maximum atomic E-state index is 12.8. The van der Waals surface area contributed by atoms with Gasteiger partial charge >= 0.3 is 0 Å². The van der Waals surface area contributed by atoms with Crippen molar-refractivity contribution in [2.24, 2.45) is 23.5 Å². The highest BCUT2D eigenvalue weighted by molar-refractivity contribution is 5.97. The number of nitrogens with zero attached hydrogens (tertiary/aromatic N) is 1. The lowest BCUT2D eigenvalue weighted by Gasteiger charge is -2.43. The number of hydrogen-bond donors (Lipinski definition) is 2. The quantitative estimate of drug-likeness (QED) is 0.853. The van der Waals surface area contributed by atoms with Crippen molar-refractivity contribution in [3.8, 4) is 0 Å². The maximum Gasteiger partial charge on any atom is 0.254 e. The maximum absolute atomic E-state index is 12.8. The molecule has 1 aromatic carbocycles. The average molecular weight is 371 g/mol. The van der Waals surface area contributed by atoms with Gasteiger partial charge in [0.2, 0.25) is 5.91 Å². The van der Waals surface area contributed by atoms with E-state index in [-0.39, 0.29) is 23.8 Å². The van der Waals surface area contributed by atoms with Crippen LogP contribution in [0.3, 0.4) is 0 Å². The van der Waals surface area contributed by atoms with Gasteiger partial charge in [0.25, 0.3) is 5.91 Å². The number of nitrogens with two attached hydrogens (primary N) is 1. The molecular formula is C21H29N3O3. The number of amides is 2. The minimum Gasteiger partial charge on any atom is -0.378 e. The van der Waals surface area contributed by atoms with E-state index in [0.29, 0.717) is 49.4 Å². The molecule has 2 bridgehead atoms. The number of hydrogen-bond acceptors (Lipinski definition) is 4. The Morgan fingerprint density at radius 3 is 2.52 bits per heavy atom. The molecule has 2 amide bonds. The molecule has 2 aliphatic carbocycles. The van der Waals surface area contributed by atoms with E-state index in [1.54, 1.807) is 17.0 Å². The monoisotopic (exact) mass is 371 g/mol. The summed E-state index contributed by atoms with van der Waals surface area (Å²) in [4.78, 5) is 27.3. The second-order valence-corrected chi connectivity index (χ2v) is 8.17. The van der Waals surface area contributed by atoms with Crippen LogP contribution in [0.5, 0.6) is 0 Å². The van der Waals surface area contributed by atoms with E-state index in [1.165, 1.54) is 6.42 Å². The summed E-state index contributed by atoms with van der Waals surface area (Å²) in [5.74, 6) is 1.03. The smallest absolute Gasteiger partial charge is 0.254 e. The summed E-state index contributed by atoms with van der Waals surface area (Å²) >= 11 is 0. The molecule has 1 aromatic rings. The van der Waals surface area contributed by atoms with E-state index in [4.69, 9.17) is 10.5 Å². The lowest BCUT2D eigenvalue weighted by molar-refractivity contribution is -0.122. The van der Waals surface area contributed by atoms with Crippen molar-refractivity contribution in [2.45, 2.75) is 38.1 Å². The third-order valence-corrected chi connectivity index (χ3v) is 6.46. The van der Waals surface area contributed by atoms with E-state index in [9.17, 15) is 9.59 Å². The number of benzene rings is 1. The molecule has 6 heteroatoms. The Balaban J connectivity index is 1.40. The Morgan fingerprint density at radius 1 is 1.11 bits per heavy atom. The van der Waals surface area contributed by atoms with Crippen molar-refractivity contribution in [1.29, 1.82) is 0 Å². The highest BCUT2D eigenvalue weighted by atomic mass is 16.5. The zero-order valence-corrected chi connectivity index (χ0v) is 15.7. The van der Waals surface area contributed by atoms with Gasteiger partial charge in [-0.1, -0.05) is 12.5 Å². The average Bonchev–Trinajstić information content (AvgIpc) is 2.68. The van der Waals surface area contributed by atoms with Gasteiger partial charge in [0, 0.05) is 36.3 Å². The SMILES string of the molecule is NC1C2CCCC1CC(C(=O)Nc1cccc(C(=O)N3CCOCC3)c1)C2. The summed E-state index contributed by atoms with van der Waals surface area (Å²) < 4.78 is 5.31. The van der Waals surface area contributed by atoms with Gasteiger partial charge < -0.3 is 20.7 Å². The summed E-state index contributed by atoms with van der Waals surface area (Å²) in [5, 5.41) is 3.04. The highest BCUT2D eigenvalue weighted by Crippen LogP contribution is 2.42. The number of carbonyl (C=O) groups is 2. The summed E-state index contributed by atoms with van der Waals surface area (Å²) in [5.41, 5.74) is 7.64. The molecule has 6 nitrogen and oxygen atoms in total. The van der Waals surface area contributed by atoms with Crippen LogP contribution >= 0.6 is 0 Å². The van der Waals surface area contributed by atoms with Crippen molar-refractivity contribution >= 4 is 17.5 Å². The third kappa shape index (κ3) is 4.01. The summed E-state index contributed by atoms with van der Waals surface area (Å²) in [6, 6.07) is 7.53. The van der Waals surface area contributed by atoms with Gasteiger partial charge in [-0.2, -0.15) is 0 Å². The topological polar surface area (TPSA) is 84.7 Å². The number of rotatable bonds is 3. The van der Waals surface area contributed by atoms with Gasteiger partial charge in [0.15, 0.2) is 0 Å². The number of morpholine rings is 1. The second-order valence-electron chi connectivity index (χ2n) is 8.17. The first-order valence-electron chi connectivity index (χ1n) is 10.2. The molecule has 3 fully saturated rings. The Bertz CT molecular complexity index is 688. The van der Waals surface area contributed by atoms with Crippen LogP contribution in [-0.2, 0) is 9.53 Å². The van der Waals surface area contributed by atoms with Gasteiger partial charge in [0.1, 0.15) is 0 Å². The van der Waals surface area contributed by atoms with Crippen molar-refractivity contribution < 1.29 is 14.3 Å². The lowest BCUT2D eigenvalue weighted by atomic mass is 9.65. The van der Waals surface area contributed by atoms with Gasteiger partial charge in [-0.25, -0.2) is 0 Å². The normalized spacial score (nSPS) is 30.6. The molecule has 0 spiro atoms. The fraction of sp³-hybridized carbons (Fsp3) is 0.619. The van der Waals surface area contributed by atoms with Crippen LogP contribution in [0.25, 0.3) is 0 Å². The van der Waals surface area contributed by atoms with E-state index >= 15 is 0 Å². The first kappa shape index (κ1) is 18.4. The van der Waals surface area contributed by atoms with E-state index in [2.05, 4.69) is 5.32 Å². The van der Waals surface area contributed by atoms with Crippen LogP contribution in [0.1, 0.15) is 42.5 Å². The zero-order chi connectivity index (χ0) is 18.8. The summed E-state index contributed by atoms with van der Waals surface area (Å²) in [6.07, 6.45) is 5.30. The molecule has 146 valence electrons. The van der Waals surface area contributed by atoms with E-state index in [0.717, 1.165) is 25.7 Å². The van der Waals surface area contributed by atoms with Crippen LogP contribution in [0, 0.1) is 17.8 Å².